The first-order valence-corrected chi connectivity index (χ1v) is 16.6. The first kappa shape index (κ1) is 26.3. The molecule has 5 saturated carbocycles. The Morgan fingerprint density at radius 1 is 0.850 bits per heavy atom. The second-order valence-corrected chi connectivity index (χ2v) is 15.3. The van der Waals surface area contributed by atoms with Crippen LogP contribution in [0.25, 0.3) is 0 Å². The SMILES string of the molecule is O=C(Nc1ccc(C#CC23CC4CC(CC(C4)C2)C3)cc1)c1ccc(CN2CCN(S(=O)(=O)C3CC3)CC2)cc1. The van der Waals surface area contributed by atoms with Crippen molar-refractivity contribution in [1.29, 1.82) is 0 Å². The van der Waals surface area contributed by atoms with Crippen molar-refractivity contribution in [3.63, 3.8) is 0 Å². The Bertz CT molecular complexity index is 1390. The molecule has 6 aliphatic rings. The molecule has 1 aliphatic heterocycles. The highest BCUT2D eigenvalue weighted by Crippen LogP contribution is 2.59. The van der Waals surface area contributed by atoms with Crippen LogP contribution in [0.1, 0.15) is 72.9 Å². The molecule has 1 saturated heterocycles. The zero-order chi connectivity index (χ0) is 27.3. The normalized spacial score (nSPS) is 30.1. The van der Waals surface area contributed by atoms with Crippen LogP contribution in [0, 0.1) is 35.0 Å². The fraction of sp³-hybridized carbons (Fsp3) is 0.545. The lowest BCUT2D eigenvalue weighted by atomic mass is 9.50. The quantitative estimate of drug-likeness (QED) is 0.501. The van der Waals surface area contributed by atoms with E-state index in [2.05, 4.69) is 22.1 Å². The van der Waals surface area contributed by atoms with Gasteiger partial charge in [0.1, 0.15) is 0 Å². The van der Waals surface area contributed by atoms with Crippen molar-refractivity contribution in [3.05, 3.63) is 65.2 Å². The molecule has 0 radical (unpaired) electrons. The summed E-state index contributed by atoms with van der Waals surface area (Å²) >= 11 is 0. The van der Waals surface area contributed by atoms with Gasteiger partial charge in [-0.1, -0.05) is 24.0 Å². The minimum absolute atomic E-state index is 0.127. The second kappa shape index (κ2) is 10.3. The van der Waals surface area contributed by atoms with Crippen molar-refractivity contribution in [3.8, 4) is 11.8 Å². The fourth-order valence-corrected chi connectivity index (χ4v) is 9.87. The number of hydrogen-bond donors (Lipinski definition) is 1. The summed E-state index contributed by atoms with van der Waals surface area (Å²) in [4.78, 5) is 15.1. The summed E-state index contributed by atoms with van der Waals surface area (Å²) in [5, 5.41) is 2.87. The third kappa shape index (κ3) is 5.46. The van der Waals surface area contributed by atoms with E-state index in [1.165, 1.54) is 38.5 Å². The molecule has 0 aromatic heterocycles. The highest BCUT2D eigenvalue weighted by Gasteiger charge is 2.50. The van der Waals surface area contributed by atoms with E-state index in [0.717, 1.165) is 67.0 Å². The van der Waals surface area contributed by atoms with Gasteiger partial charge in [-0.15, -0.1) is 0 Å². The van der Waals surface area contributed by atoms with E-state index >= 15 is 0 Å². The highest BCUT2D eigenvalue weighted by molar-refractivity contribution is 7.90. The van der Waals surface area contributed by atoms with Crippen LogP contribution < -0.4 is 5.32 Å². The molecule has 7 heteroatoms. The summed E-state index contributed by atoms with van der Waals surface area (Å²) in [5.41, 5.74) is 3.78. The van der Waals surface area contributed by atoms with Gasteiger partial charge < -0.3 is 5.32 Å². The molecule has 2 aromatic carbocycles. The van der Waals surface area contributed by atoms with Gasteiger partial charge in [-0.05, 0) is 111 Å². The summed E-state index contributed by atoms with van der Waals surface area (Å²) in [6.07, 6.45) is 9.80. The number of anilines is 1. The zero-order valence-electron chi connectivity index (χ0n) is 23.1. The number of benzene rings is 2. The molecule has 0 atom stereocenters. The Morgan fingerprint density at radius 2 is 1.45 bits per heavy atom. The Morgan fingerprint density at radius 3 is 2.02 bits per heavy atom. The summed E-state index contributed by atoms with van der Waals surface area (Å²) in [5.74, 6) is 9.76. The molecular weight excluding hydrogens is 518 g/mol. The van der Waals surface area contributed by atoms with Gasteiger partial charge >= 0.3 is 0 Å². The summed E-state index contributed by atoms with van der Waals surface area (Å²) in [7, 11) is -3.08. The minimum atomic E-state index is -3.08. The van der Waals surface area contributed by atoms with E-state index in [1.54, 1.807) is 4.31 Å². The maximum Gasteiger partial charge on any atom is 0.255 e. The van der Waals surface area contributed by atoms with Gasteiger partial charge in [0.05, 0.1) is 5.25 Å². The predicted octanol–water partition coefficient (Wildman–Crippen LogP) is 5.12. The molecular formula is C33H39N3O3S. The second-order valence-electron chi connectivity index (χ2n) is 13.1. The third-order valence-electron chi connectivity index (χ3n) is 9.91. The minimum Gasteiger partial charge on any atom is -0.322 e. The molecule has 1 heterocycles. The Hall–Kier alpha value is -2.66. The van der Waals surface area contributed by atoms with Gasteiger partial charge in [0, 0.05) is 55.0 Å². The van der Waals surface area contributed by atoms with E-state index < -0.39 is 10.0 Å². The molecule has 210 valence electrons. The largest absolute Gasteiger partial charge is 0.322 e. The number of rotatable bonds is 6. The number of carbonyl (C=O) groups is 1. The van der Waals surface area contributed by atoms with Crippen LogP contribution in [0.3, 0.4) is 0 Å². The number of amides is 1. The summed E-state index contributed by atoms with van der Waals surface area (Å²) in [6.45, 7) is 3.34. The van der Waals surface area contributed by atoms with Crippen molar-refractivity contribution in [2.75, 3.05) is 31.5 Å². The van der Waals surface area contributed by atoms with Crippen molar-refractivity contribution < 1.29 is 13.2 Å². The number of hydrogen-bond acceptors (Lipinski definition) is 4. The van der Waals surface area contributed by atoms with Gasteiger partial charge in [0.15, 0.2) is 0 Å². The molecule has 6 fully saturated rings. The van der Waals surface area contributed by atoms with Crippen LogP contribution >= 0.6 is 0 Å². The van der Waals surface area contributed by atoms with Crippen molar-refractivity contribution in [1.82, 2.24) is 9.21 Å². The average molecular weight is 558 g/mol. The Labute approximate surface area is 238 Å². The summed E-state index contributed by atoms with van der Waals surface area (Å²) in [6, 6.07) is 15.6. The van der Waals surface area contributed by atoms with E-state index in [4.69, 9.17) is 0 Å². The lowest BCUT2D eigenvalue weighted by molar-refractivity contribution is -0.0181. The molecule has 1 N–H and O–H groups in total. The monoisotopic (exact) mass is 557 g/mol. The molecule has 0 spiro atoms. The van der Waals surface area contributed by atoms with Gasteiger partial charge in [0.2, 0.25) is 10.0 Å². The highest BCUT2D eigenvalue weighted by atomic mass is 32.2. The predicted molar refractivity (Wildman–Crippen MR) is 157 cm³/mol. The van der Waals surface area contributed by atoms with Gasteiger partial charge in [-0.25, -0.2) is 8.42 Å². The van der Waals surface area contributed by atoms with Gasteiger partial charge in [-0.3, -0.25) is 9.69 Å². The first-order chi connectivity index (χ1) is 19.3. The van der Waals surface area contributed by atoms with Crippen LogP contribution in [0.4, 0.5) is 5.69 Å². The molecule has 2 aromatic rings. The number of nitrogens with zero attached hydrogens (tertiary/aromatic N) is 2. The van der Waals surface area contributed by atoms with E-state index in [9.17, 15) is 13.2 Å². The molecule has 0 unspecified atom stereocenters. The van der Waals surface area contributed by atoms with Gasteiger partial charge in [-0.2, -0.15) is 4.31 Å². The average Bonchev–Trinajstić information content (AvgIpc) is 3.79. The molecule has 8 rings (SSSR count). The van der Waals surface area contributed by atoms with Gasteiger partial charge in [0.25, 0.3) is 5.91 Å². The maximum atomic E-state index is 12.9. The molecule has 40 heavy (non-hydrogen) atoms. The van der Waals surface area contributed by atoms with Crippen molar-refractivity contribution >= 4 is 21.6 Å². The van der Waals surface area contributed by atoms with E-state index in [1.807, 2.05) is 48.5 Å². The first-order valence-electron chi connectivity index (χ1n) is 15.1. The third-order valence-corrected chi connectivity index (χ3v) is 12.3. The fourth-order valence-electron chi connectivity index (χ4n) is 8.05. The van der Waals surface area contributed by atoms with Crippen LogP contribution in [0.2, 0.25) is 0 Å². The number of sulfonamides is 1. The molecule has 5 aliphatic carbocycles. The summed E-state index contributed by atoms with van der Waals surface area (Å²) < 4.78 is 26.6. The van der Waals surface area contributed by atoms with E-state index in [-0.39, 0.29) is 16.6 Å². The number of piperazine rings is 1. The van der Waals surface area contributed by atoms with E-state index in [0.29, 0.717) is 18.7 Å². The smallest absolute Gasteiger partial charge is 0.255 e. The number of carbonyl (C=O) groups excluding carboxylic acids is 1. The number of nitrogens with one attached hydrogen (secondary N) is 1. The Kier molecular flexibility index (Phi) is 6.77. The lowest BCUT2D eigenvalue weighted by Gasteiger charge is -2.54. The van der Waals surface area contributed by atoms with Crippen LogP contribution in [0.5, 0.6) is 0 Å². The molecule has 6 nitrogen and oxygen atoms in total. The van der Waals surface area contributed by atoms with Crippen molar-refractivity contribution in [2.45, 2.75) is 63.2 Å². The van der Waals surface area contributed by atoms with Crippen molar-refractivity contribution in [2.24, 2.45) is 23.2 Å². The molecule has 4 bridgehead atoms. The van der Waals surface area contributed by atoms with Crippen LogP contribution in [0.15, 0.2) is 48.5 Å². The van der Waals surface area contributed by atoms with Crippen LogP contribution in [-0.4, -0.2) is 55.0 Å². The maximum absolute atomic E-state index is 12.9. The molecule has 1 amide bonds. The van der Waals surface area contributed by atoms with Crippen LogP contribution in [-0.2, 0) is 16.6 Å². The topological polar surface area (TPSA) is 69.7 Å². The Balaban J connectivity index is 0.911. The standard InChI is InChI=1S/C33H39N3O3S/c37-32(29-5-1-25(2-6-29)23-35-13-15-36(16-14-35)40(38,39)31-9-10-31)34-30-7-3-24(4-8-30)11-12-33-20-26-17-27(21-33)19-28(18-26)22-33/h1-8,26-28,31H,9-10,13-23H2,(H,34,37). The lowest BCUT2D eigenvalue weighted by Crippen LogP contribution is -2.49. The zero-order valence-corrected chi connectivity index (χ0v) is 24.0.